The molecule has 0 fully saturated rings. The molecule has 3 aromatic heterocycles. The molecule has 168 valence electrons. The van der Waals surface area contributed by atoms with Gasteiger partial charge in [0.25, 0.3) is 5.92 Å². The van der Waals surface area contributed by atoms with Crippen molar-refractivity contribution in [2.24, 2.45) is 0 Å². The maximum absolute atomic E-state index is 14.6. The molecule has 11 heteroatoms. The summed E-state index contributed by atoms with van der Waals surface area (Å²) in [5, 5.41) is 4.10. The van der Waals surface area contributed by atoms with Crippen LogP contribution < -0.4 is 5.32 Å². The van der Waals surface area contributed by atoms with Crippen LogP contribution in [0.5, 0.6) is 0 Å². The molecule has 0 amide bonds. The molecule has 0 radical (unpaired) electrons. The molecule has 31 heavy (non-hydrogen) atoms. The highest BCUT2D eigenvalue weighted by molar-refractivity contribution is 5.86. The number of pyridine rings is 1. The number of aromatic amines is 1. The van der Waals surface area contributed by atoms with Crippen molar-refractivity contribution in [1.29, 1.82) is 0 Å². The van der Waals surface area contributed by atoms with E-state index in [1.165, 1.54) is 6.33 Å². The standard InChI is InChI=1S/C20H23F5N6/c1-3-31(11-19(21,22)14-4-5-16(27-10-14)20(23,24)25)9-7-13(2)30-18-15-6-8-26-17(15)28-12-29-18/h4-6,8,10,12-13H,3,7,9,11H2,1-2H3,(H2,26,28,29,30). The minimum absolute atomic E-state index is 0.0524. The number of likely N-dealkylation sites (N-methyl/N-ethyl adjacent to an activating group) is 1. The lowest BCUT2D eigenvalue weighted by atomic mass is 10.1. The quantitative estimate of drug-likeness (QED) is 0.471. The Morgan fingerprint density at radius 2 is 1.87 bits per heavy atom. The molecule has 0 spiro atoms. The van der Waals surface area contributed by atoms with Crippen molar-refractivity contribution in [3.05, 3.63) is 48.2 Å². The average molecular weight is 442 g/mol. The second kappa shape index (κ2) is 9.13. The highest BCUT2D eigenvalue weighted by Gasteiger charge is 2.37. The zero-order valence-corrected chi connectivity index (χ0v) is 17.0. The third-order valence-electron chi connectivity index (χ3n) is 4.96. The number of anilines is 1. The van der Waals surface area contributed by atoms with Gasteiger partial charge in [-0.15, -0.1) is 0 Å². The Bertz CT molecular complexity index is 986. The van der Waals surface area contributed by atoms with Crippen molar-refractivity contribution < 1.29 is 22.0 Å². The molecule has 0 bridgehead atoms. The van der Waals surface area contributed by atoms with E-state index < -0.39 is 29.9 Å². The Balaban J connectivity index is 1.58. The number of halogens is 5. The maximum Gasteiger partial charge on any atom is 0.433 e. The van der Waals surface area contributed by atoms with Gasteiger partial charge in [0, 0.05) is 30.5 Å². The minimum Gasteiger partial charge on any atom is -0.367 e. The molecular weight excluding hydrogens is 419 g/mol. The van der Waals surface area contributed by atoms with Crippen LogP contribution in [0.15, 0.2) is 36.9 Å². The number of nitrogens with zero attached hydrogens (tertiary/aromatic N) is 4. The highest BCUT2D eigenvalue weighted by Crippen LogP contribution is 2.32. The van der Waals surface area contributed by atoms with E-state index in [9.17, 15) is 22.0 Å². The van der Waals surface area contributed by atoms with Gasteiger partial charge in [-0.3, -0.25) is 9.88 Å². The van der Waals surface area contributed by atoms with Crippen molar-refractivity contribution in [2.75, 3.05) is 25.0 Å². The maximum atomic E-state index is 14.6. The first-order valence-corrected chi connectivity index (χ1v) is 9.78. The molecule has 0 aliphatic heterocycles. The van der Waals surface area contributed by atoms with E-state index in [1.807, 2.05) is 13.0 Å². The number of hydrogen-bond donors (Lipinski definition) is 2. The lowest BCUT2D eigenvalue weighted by molar-refractivity contribution is -0.141. The normalized spacial score (nSPS) is 13.7. The van der Waals surface area contributed by atoms with E-state index in [-0.39, 0.29) is 6.04 Å². The fourth-order valence-corrected chi connectivity index (χ4v) is 3.17. The smallest absolute Gasteiger partial charge is 0.367 e. The highest BCUT2D eigenvalue weighted by atomic mass is 19.4. The van der Waals surface area contributed by atoms with E-state index in [4.69, 9.17) is 0 Å². The first-order chi connectivity index (χ1) is 14.6. The van der Waals surface area contributed by atoms with Crippen LogP contribution in [0.1, 0.15) is 31.5 Å². The van der Waals surface area contributed by atoms with E-state index >= 15 is 0 Å². The SMILES string of the molecule is CCN(CCC(C)Nc1ncnc2[nH]ccc12)CC(F)(F)c1ccc(C(F)(F)F)nc1. The van der Waals surface area contributed by atoms with Gasteiger partial charge in [-0.25, -0.2) is 9.97 Å². The Morgan fingerprint density at radius 3 is 2.52 bits per heavy atom. The van der Waals surface area contributed by atoms with E-state index in [0.717, 1.165) is 11.5 Å². The molecule has 1 unspecified atom stereocenters. The fraction of sp³-hybridized carbons (Fsp3) is 0.450. The molecule has 0 saturated carbocycles. The van der Waals surface area contributed by atoms with E-state index in [1.54, 1.807) is 18.0 Å². The van der Waals surface area contributed by atoms with Crippen molar-refractivity contribution in [3.8, 4) is 0 Å². The number of rotatable bonds is 9. The topological polar surface area (TPSA) is 69.7 Å². The summed E-state index contributed by atoms with van der Waals surface area (Å²) in [6, 6.07) is 3.16. The van der Waals surface area contributed by atoms with Crippen molar-refractivity contribution >= 4 is 16.9 Å². The molecule has 0 aliphatic carbocycles. The molecule has 1 atom stereocenters. The van der Waals surface area contributed by atoms with Gasteiger partial charge >= 0.3 is 6.18 Å². The largest absolute Gasteiger partial charge is 0.433 e. The van der Waals surface area contributed by atoms with Crippen LogP contribution in [0, 0.1) is 0 Å². The zero-order valence-electron chi connectivity index (χ0n) is 17.0. The summed E-state index contributed by atoms with van der Waals surface area (Å²) < 4.78 is 67.1. The van der Waals surface area contributed by atoms with Crippen molar-refractivity contribution in [3.63, 3.8) is 0 Å². The van der Waals surface area contributed by atoms with Crippen LogP contribution in [0.4, 0.5) is 27.8 Å². The van der Waals surface area contributed by atoms with Gasteiger partial charge in [-0.2, -0.15) is 22.0 Å². The molecule has 0 aromatic carbocycles. The van der Waals surface area contributed by atoms with Gasteiger partial charge in [0.1, 0.15) is 23.5 Å². The summed E-state index contributed by atoms with van der Waals surface area (Å²) in [5.41, 5.74) is -1.04. The van der Waals surface area contributed by atoms with E-state index in [2.05, 4.69) is 25.3 Å². The molecular formula is C20H23F5N6. The van der Waals surface area contributed by atoms with Gasteiger partial charge in [0.2, 0.25) is 0 Å². The summed E-state index contributed by atoms with van der Waals surface area (Å²) in [4.78, 5) is 16.0. The second-order valence-corrected chi connectivity index (χ2v) is 7.30. The first kappa shape index (κ1) is 22.9. The van der Waals surface area contributed by atoms with E-state index in [0.29, 0.717) is 43.2 Å². The van der Waals surface area contributed by atoms with Crippen molar-refractivity contribution in [1.82, 2.24) is 24.8 Å². The van der Waals surface area contributed by atoms with Gasteiger partial charge in [-0.05, 0) is 38.1 Å². The van der Waals surface area contributed by atoms with Crippen LogP contribution in [-0.4, -0.2) is 50.5 Å². The Kier molecular flexibility index (Phi) is 6.73. The second-order valence-electron chi connectivity index (χ2n) is 7.30. The van der Waals surface area contributed by atoms with Gasteiger partial charge in [0.05, 0.1) is 11.9 Å². The summed E-state index contributed by atoms with van der Waals surface area (Å²) >= 11 is 0. The van der Waals surface area contributed by atoms with Gasteiger partial charge in [0.15, 0.2) is 0 Å². The molecule has 0 aliphatic rings. The molecule has 6 nitrogen and oxygen atoms in total. The molecule has 0 saturated heterocycles. The lowest BCUT2D eigenvalue weighted by Gasteiger charge is -2.27. The lowest BCUT2D eigenvalue weighted by Crippen LogP contribution is -2.37. The third kappa shape index (κ3) is 5.66. The van der Waals surface area contributed by atoms with Crippen LogP contribution in [0.2, 0.25) is 0 Å². The predicted molar refractivity (Wildman–Crippen MR) is 107 cm³/mol. The van der Waals surface area contributed by atoms with Crippen LogP contribution in [0.25, 0.3) is 11.0 Å². The number of hydrogen-bond acceptors (Lipinski definition) is 5. The minimum atomic E-state index is -4.66. The van der Waals surface area contributed by atoms with Gasteiger partial charge in [-0.1, -0.05) is 6.92 Å². The number of fused-ring (bicyclic) bond motifs is 1. The molecule has 2 N–H and O–H groups in total. The average Bonchev–Trinajstić information content (AvgIpc) is 3.20. The number of nitrogens with one attached hydrogen (secondary N) is 2. The van der Waals surface area contributed by atoms with Crippen molar-refractivity contribution in [2.45, 2.75) is 38.4 Å². The number of H-pyrrole nitrogens is 1. The third-order valence-corrected chi connectivity index (χ3v) is 4.96. The number of alkyl halides is 5. The Hall–Kier alpha value is -2.82. The first-order valence-electron chi connectivity index (χ1n) is 9.78. The fourth-order valence-electron chi connectivity index (χ4n) is 3.17. The predicted octanol–water partition coefficient (Wildman–Crippen LogP) is 4.68. The monoisotopic (exact) mass is 442 g/mol. The summed E-state index contributed by atoms with van der Waals surface area (Å²) in [6.07, 6.45) is -0.317. The van der Waals surface area contributed by atoms with Crippen LogP contribution in [-0.2, 0) is 12.1 Å². The molecule has 3 rings (SSSR count). The van der Waals surface area contributed by atoms with Crippen LogP contribution >= 0.6 is 0 Å². The Labute approximate surface area is 175 Å². The zero-order chi connectivity index (χ0) is 22.6. The molecule has 3 heterocycles. The van der Waals surface area contributed by atoms with Crippen LogP contribution in [0.3, 0.4) is 0 Å². The number of aromatic nitrogens is 4. The summed E-state index contributed by atoms with van der Waals surface area (Å²) in [6.45, 7) is 3.81. The summed E-state index contributed by atoms with van der Waals surface area (Å²) in [5.74, 6) is -2.67. The van der Waals surface area contributed by atoms with Gasteiger partial charge < -0.3 is 10.3 Å². The summed E-state index contributed by atoms with van der Waals surface area (Å²) in [7, 11) is 0. The Morgan fingerprint density at radius 1 is 1.10 bits per heavy atom. The molecule has 3 aromatic rings.